The summed E-state index contributed by atoms with van der Waals surface area (Å²) in [6.07, 6.45) is 0. The molecule has 0 aliphatic heterocycles. The fraction of sp³-hybridized carbons (Fsp3) is 0.0909. The van der Waals surface area contributed by atoms with Gasteiger partial charge in [-0.15, -0.1) is 23.7 Å². The fourth-order valence-corrected chi connectivity index (χ4v) is 2.35. The van der Waals surface area contributed by atoms with Gasteiger partial charge >= 0.3 is 5.69 Å². The first kappa shape index (κ1) is 15.4. The molecule has 3 N–H and O–H groups in total. The maximum absolute atomic E-state index is 13.3. The summed E-state index contributed by atoms with van der Waals surface area (Å²) in [5.74, 6) is -1.40. The van der Waals surface area contributed by atoms with Crippen molar-refractivity contribution in [3.05, 3.63) is 56.0 Å². The number of thiophene rings is 1. The Bertz CT molecular complexity index is 592. The van der Waals surface area contributed by atoms with E-state index in [2.05, 4.69) is 0 Å². The number of hydrogen-bond donors (Lipinski definition) is 2. The number of nitrogens with two attached hydrogens (primary N) is 1. The Labute approximate surface area is 118 Å². The smallest absolute Gasteiger partial charge is 0.313 e. The molecule has 0 aliphatic rings. The van der Waals surface area contributed by atoms with Crippen LogP contribution >= 0.6 is 23.7 Å². The molecular weight excluding hydrogens is 295 g/mol. The van der Waals surface area contributed by atoms with Gasteiger partial charge in [-0.25, -0.2) is 4.39 Å². The van der Waals surface area contributed by atoms with E-state index < -0.39 is 28.2 Å². The zero-order chi connectivity index (χ0) is 13.3. The van der Waals surface area contributed by atoms with E-state index in [1.807, 2.05) is 0 Å². The summed E-state index contributed by atoms with van der Waals surface area (Å²) < 4.78 is 13.3. The van der Waals surface area contributed by atoms with Gasteiger partial charge < -0.3 is 10.8 Å². The minimum absolute atomic E-state index is 0. The number of phenols is 1. The normalized spacial score (nSPS) is 11.7. The fourth-order valence-electron chi connectivity index (χ4n) is 1.60. The first-order valence-corrected chi connectivity index (χ1v) is 5.84. The third kappa shape index (κ3) is 3.01. The molecule has 1 atom stereocenters. The lowest BCUT2D eigenvalue weighted by atomic mass is 10.0. The van der Waals surface area contributed by atoms with Crippen molar-refractivity contribution in [2.75, 3.05) is 0 Å². The predicted molar refractivity (Wildman–Crippen MR) is 72.3 cm³/mol. The van der Waals surface area contributed by atoms with Gasteiger partial charge in [0.25, 0.3) is 0 Å². The summed E-state index contributed by atoms with van der Waals surface area (Å²) in [7, 11) is 0. The highest BCUT2D eigenvalue weighted by molar-refractivity contribution is 7.10. The lowest BCUT2D eigenvalue weighted by Crippen LogP contribution is -2.11. The molecule has 0 spiro atoms. The van der Waals surface area contributed by atoms with Crippen LogP contribution in [0.5, 0.6) is 5.75 Å². The molecule has 2 aromatic rings. The van der Waals surface area contributed by atoms with E-state index >= 15 is 0 Å². The quantitative estimate of drug-likeness (QED) is 0.674. The number of benzene rings is 1. The molecule has 8 heteroatoms. The summed E-state index contributed by atoms with van der Waals surface area (Å²) in [5, 5.41) is 22.2. The zero-order valence-corrected chi connectivity index (χ0v) is 11.1. The monoisotopic (exact) mass is 304 g/mol. The number of phenolic OH excluding ortho intramolecular Hbond substituents is 1. The molecule has 0 radical (unpaired) electrons. The highest BCUT2D eigenvalue weighted by Gasteiger charge is 2.24. The van der Waals surface area contributed by atoms with Gasteiger partial charge in [-0.05, 0) is 17.5 Å². The molecule has 5 nitrogen and oxygen atoms in total. The SMILES string of the molecule is Cl.N[C@@H](c1cccs1)c1cc(F)cc([N+](=O)[O-])c1O. The van der Waals surface area contributed by atoms with Crippen molar-refractivity contribution in [1.82, 2.24) is 0 Å². The number of nitro benzene ring substituents is 1. The first-order valence-electron chi connectivity index (χ1n) is 4.96. The van der Waals surface area contributed by atoms with E-state index in [0.29, 0.717) is 10.9 Å². The van der Waals surface area contributed by atoms with E-state index in [0.717, 1.165) is 6.07 Å². The van der Waals surface area contributed by atoms with Crippen LogP contribution in [0.25, 0.3) is 0 Å². The molecule has 0 saturated carbocycles. The second kappa shape index (κ2) is 5.96. The van der Waals surface area contributed by atoms with Gasteiger partial charge in [0.2, 0.25) is 0 Å². The molecular formula is C11H10ClFN2O3S. The van der Waals surface area contributed by atoms with Gasteiger partial charge in [-0.2, -0.15) is 0 Å². The Kier molecular flexibility index (Phi) is 4.82. The van der Waals surface area contributed by atoms with E-state index in [1.54, 1.807) is 17.5 Å². The van der Waals surface area contributed by atoms with Crippen LogP contribution in [0, 0.1) is 15.9 Å². The van der Waals surface area contributed by atoms with Crippen LogP contribution in [-0.2, 0) is 0 Å². The summed E-state index contributed by atoms with van der Waals surface area (Å²) in [6, 6.07) is 4.35. The highest BCUT2D eigenvalue weighted by Crippen LogP contribution is 2.36. The van der Waals surface area contributed by atoms with Crippen LogP contribution in [0.15, 0.2) is 29.6 Å². The van der Waals surface area contributed by atoms with Gasteiger partial charge in [0, 0.05) is 10.4 Å². The summed E-state index contributed by atoms with van der Waals surface area (Å²) in [6.45, 7) is 0. The Morgan fingerprint density at radius 3 is 2.68 bits per heavy atom. The van der Waals surface area contributed by atoms with Crippen LogP contribution in [-0.4, -0.2) is 10.0 Å². The number of nitrogens with zero attached hydrogens (tertiary/aromatic N) is 1. The average Bonchev–Trinajstić information content (AvgIpc) is 2.84. The molecule has 0 unspecified atom stereocenters. The third-order valence-electron chi connectivity index (χ3n) is 2.47. The van der Waals surface area contributed by atoms with E-state index in [4.69, 9.17) is 5.73 Å². The van der Waals surface area contributed by atoms with Crippen LogP contribution in [0.1, 0.15) is 16.5 Å². The topological polar surface area (TPSA) is 89.4 Å². The average molecular weight is 305 g/mol. The third-order valence-corrected chi connectivity index (χ3v) is 3.42. The molecule has 0 bridgehead atoms. The molecule has 102 valence electrons. The van der Waals surface area contributed by atoms with Crippen molar-refractivity contribution < 1.29 is 14.4 Å². The highest BCUT2D eigenvalue weighted by atomic mass is 35.5. The molecule has 1 aromatic carbocycles. The van der Waals surface area contributed by atoms with E-state index in [1.165, 1.54) is 11.3 Å². The molecule has 19 heavy (non-hydrogen) atoms. The van der Waals surface area contributed by atoms with Crippen LogP contribution < -0.4 is 5.73 Å². The number of nitro groups is 1. The number of aromatic hydroxyl groups is 1. The minimum Gasteiger partial charge on any atom is -0.502 e. The largest absolute Gasteiger partial charge is 0.502 e. The Hall–Kier alpha value is -1.70. The van der Waals surface area contributed by atoms with Gasteiger partial charge in [0.15, 0.2) is 5.75 Å². The second-order valence-corrected chi connectivity index (χ2v) is 4.59. The standard InChI is InChI=1S/C11H9FN2O3S.ClH/c12-6-4-7(10(13)9-2-1-3-18-9)11(15)8(5-6)14(16)17;/h1-5,10,15H,13H2;1H/t10-;/m1./s1. The maximum atomic E-state index is 13.3. The Morgan fingerprint density at radius 2 is 2.16 bits per heavy atom. The lowest BCUT2D eigenvalue weighted by molar-refractivity contribution is -0.386. The number of rotatable bonds is 3. The number of halogens is 2. The first-order chi connectivity index (χ1) is 8.50. The number of hydrogen-bond acceptors (Lipinski definition) is 5. The summed E-state index contributed by atoms with van der Waals surface area (Å²) >= 11 is 1.33. The van der Waals surface area contributed by atoms with Gasteiger partial charge in [0.05, 0.1) is 17.0 Å². The molecule has 0 fully saturated rings. The van der Waals surface area contributed by atoms with Crippen LogP contribution in [0.3, 0.4) is 0 Å². The van der Waals surface area contributed by atoms with Gasteiger partial charge in [-0.3, -0.25) is 10.1 Å². The Balaban J connectivity index is 0.00000180. The maximum Gasteiger partial charge on any atom is 0.313 e. The van der Waals surface area contributed by atoms with Crippen LogP contribution in [0.2, 0.25) is 0 Å². The molecule has 1 heterocycles. The van der Waals surface area contributed by atoms with Crippen molar-refractivity contribution in [2.45, 2.75) is 6.04 Å². The lowest BCUT2D eigenvalue weighted by Gasteiger charge is -2.12. The van der Waals surface area contributed by atoms with Crippen molar-refractivity contribution in [2.24, 2.45) is 5.73 Å². The second-order valence-electron chi connectivity index (χ2n) is 3.61. The van der Waals surface area contributed by atoms with Gasteiger partial charge in [0.1, 0.15) is 5.82 Å². The Morgan fingerprint density at radius 1 is 1.47 bits per heavy atom. The van der Waals surface area contributed by atoms with Gasteiger partial charge in [-0.1, -0.05) is 6.07 Å². The predicted octanol–water partition coefficient (Wildman–Crippen LogP) is 2.97. The van der Waals surface area contributed by atoms with Crippen LogP contribution in [0.4, 0.5) is 10.1 Å². The van der Waals surface area contributed by atoms with Crippen molar-refractivity contribution in [1.29, 1.82) is 0 Å². The van der Waals surface area contributed by atoms with E-state index in [9.17, 15) is 19.6 Å². The summed E-state index contributed by atoms with van der Waals surface area (Å²) in [5.41, 5.74) is 5.18. The molecule has 0 amide bonds. The molecule has 0 saturated heterocycles. The van der Waals surface area contributed by atoms with Crippen molar-refractivity contribution >= 4 is 29.4 Å². The summed E-state index contributed by atoms with van der Waals surface area (Å²) in [4.78, 5) is 10.5. The molecule has 2 rings (SSSR count). The van der Waals surface area contributed by atoms with Crippen molar-refractivity contribution in [3.8, 4) is 5.75 Å². The van der Waals surface area contributed by atoms with Crippen molar-refractivity contribution in [3.63, 3.8) is 0 Å². The zero-order valence-electron chi connectivity index (χ0n) is 9.45. The molecule has 0 aliphatic carbocycles. The van der Waals surface area contributed by atoms with E-state index in [-0.39, 0.29) is 18.0 Å². The molecule has 1 aromatic heterocycles. The minimum atomic E-state index is -0.844.